The second-order valence-electron chi connectivity index (χ2n) is 22.8. The summed E-state index contributed by atoms with van der Waals surface area (Å²) in [5.74, 6) is -2.55. The normalized spacial score (nSPS) is 51.3. The van der Waals surface area contributed by atoms with E-state index in [1.807, 2.05) is 26.8 Å². The predicted molar refractivity (Wildman–Crippen MR) is 256 cm³/mol. The van der Waals surface area contributed by atoms with Gasteiger partial charge in [-0.3, -0.25) is 4.79 Å². The van der Waals surface area contributed by atoms with Crippen LogP contribution in [0, 0.1) is 22.7 Å². The monoisotopic (exact) mass is 1040 g/mol. The summed E-state index contributed by atoms with van der Waals surface area (Å²) in [5.41, 5.74) is -4.38. The third-order valence-corrected chi connectivity index (χ3v) is 18.7. The molecular weight excluding hydrogens is 957 g/mol. The van der Waals surface area contributed by atoms with Crippen molar-refractivity contribution in [1.29, 1.82) is 0 Å². The lowest BCUT2D eigenvalue weighted by Gasteiger charge is -2.66. The average molecular weight is 1040 g/mol. The molecule has 0 aromatic rings. The number of aliphatic hydroxyl groups excluding tert-OH is 4. The molecule has 0 aromatic heterocycles. The summed E-state index contributed by atoms with van der Waals surface area (Å²) in [5, 5.41) is 70.0. The molecule has 0 bridgehead atoms. The standard InChI is InChI=1S/C53H84O20/c1-13-24(2)48(59)70-37-22-36-50(8)16-15-31(18-30(50)14-17-52(36,60)53(61)23-33(56)41(25(3)54)51(37,53)9)69-38-19-32(55)44(27(5)65-38)71-39-20-34(62-10)45(28(6)66-39)72-40-21-35(63-11)46(29(7)67-40)73-49-43(58)47(64-12)42(57)26(4)68-49/h13-14,26-29,31-47,49,55-58,60-61H,15-23H2,1-12H3. The zero-order chi connectivity index (χ0) is 53.3. The van der Waals surface area contributed by atoms with Crippen molar-refractivity contribution in [2.75, 3.05) is 21.3 Å². The summed E-state index contributed by atoms with van der Waals surface area (Å²) in [6.45, 7) is 15.6. The molecule has 6 N–H and O–H groups in total. The van der Waals surface area contributed by atoms with Crippen molar-refractivity contribution in [1.82, 2.24) is 0 Å². The summed E-state index contributed by atoms with van der Waals surface area (Å²) in [6.07, 6.45) is -9.28. The Morgan fingerprint density at radius 3 is 1.84 bits per heavy atom. The van der Waals surface area contributed by atoms with E-state index in [2.05, 4.69) is 6.92 Å². The molecule has 416 valence electrons. The molecule has 0 radical (unpaired) electrons. The Kier molecular flexibility index (Phi) is 17.2. The summed E-state index contributed by atoms with van der Waals surface area (Å²) >= 11 is 0. The van der Waals surface area contributed by atoms with E-state index >= 15 is 0 Å². The molecular formula is C53H84O20. The van der Waals surface area contributed by atoms with Gasteiger partial charge in [0.05, 0.1) is 60.9 Å². The SMILES string of the molecule is CC=C(C)C(=O)OC1CC2C3(C)CCC(OC4CC(O)C(OC5CC(OC)C(OC6CC(OC)C(OC7OC(C)C(O)C(OC)C7O)C(C)O6)C(C)O5)C(C)O4)CC3=CCC2(O)C2(O)CC(O)C(C(C)=O)C12C. The lowest BCUT2D eigenvalue weighted by Crippen LogP contribution is -2.75. The van der Waals surface area contributed by atoms with Crippen LogP contribution >= 0.6 is 0 Å². The summed E-state index contributed by atoms with van der Waals surface area (Å²) in [7, 11) is 4.55. The van der Waals surface area contributed by atoms with Gasteiger partial charge >= 0.3 is 5.97 Å². The molecule has 7 fully saturated rings. The van der Waals surface area contributed by atoms with Gasteiger partial charge in [0.25, 0.3) is 0 Å². The highest BCUT2D eigenvalue weighted by Gasteiger charge is 2.79. The number of fused-ring (bicyclic) bond motifs is 5. The number of rotatable bonds is 14. The van der Waals surface area contributed by atoms with Crippen molar-refractivity contribution in [3.63, 3.8) is 0 Å². The Morgan fingerprint density at radius 2 is 1.27 bits per heavy atom. The predicted octanol–water partition coefficient (Wildman–Crippen LogP) is 2.66. The van der Waals surface area contributed by atoms with Crippen LogP contribution in [-0.2, 0) is 66.4 Å². The molecule has 4 saturated heterocycles. The van der Waals surface area contributed by atoms with Gasteiger partial charge in [-0.25, -0.2) is 4.79 Å². The molecule has 8 rings (SSSR count). The van der Waals surface area contributed by atoms with Crippen LogP contribution in [0.3, 0.4) is 0 Å². The number of ketones is 1. The highest BCUT2D eigenvalue weighted by Crippen LogP contribution is 2.70. The van der Waals surface area contributed by atoms with E-state index in [4.69, 9.17) is 56.8 Å². The van der Waals surface area contributed by atoms with E-state index in [-0.39, 0.29) is 50.4 Å². The van der Waals surface area contributed by atoms with Crippen LogP contribution in [0.25, 0.3) is 0 Å². The van der Waals surface area contributed by atoms with Gasteiger partial charge in [0.2, 0.25) is 0 Å². The molecule has 20 heteroatoms. The Balaban J connectivity index is 0.861. The van der Waals surface area contributed by atoms with E-state index in [9.17, 15) is 40.2 Å². The summed E-state index contributed by atoms with van der Waals surface area (Å²) < 4.78 is 74.0. The van der Waals surface area contributed by atoms with Gasteiger partial charge in [-0.15, -0.1) is 0 Å². The van der Waals surface area contributed by atoms with Crippen LogP contribution in [0.1, 0.15) is 120 Å². The number of Topliss-reactive ketones (excluding diaryl/α,β-unsaturated/α-hetero) is 1. The van der Waals surface area contributed by atoms with Crippen LogP contribution < -0.4 is 0 Å². The molecule has 20 nitrogen and oxygen atoms in total. The van der Waals surface area contributed by atoms with Crippen LogP contribution in [-0.4, -0.2) is 198 Å². The van der Waals surface area contributed by atoms with Gasteiger partial charge in [0.15, 0.2) is 25.2 Å². The lowest BCUT2D eigenvalue weighted by molar-refractivity contribution is -0.355. The van der Waals surface area contributed by atoms with Gasteiger partial charge < -0.3 is 87.5 Å². The summed E-state index contributed by atoms with van der Waals surface area (Å²) in [6, 6.07) is 0. The van der Waals surface area contributed by atoms with Gasteiger partial charge in [-0.05, 0) is 86.0 Å². The van der Waals surface area contributed by atoms with Crippen molar-refractivity contribution in [3.8, 4) is 0 Å². The van der Waals surface area contributed by atoms with E-state index in [0.717, 1.165) is 5.57 Å². The molecule has 4 heterocycles. The van der Waals surface area contributed by atoms with Crippen molar-refractivity contribution in [2.24, 2.45) is 22.7 Å². The van der Waals surface area contributed by atoms with Gasteiger partial charge in [0, 0.05) is 63.9 Å². The fraction of sp³-hybridized carbons (Fsp3) is 0.887. The molecule has 73 heavy (non-hydrogen) atoms. The van der Waals surface area contributed by atoms with Gasteiger partial charge in [-0.1, -0.05) is 31.6 Å². The first-order valence-corrected chi connectivity index (χ1v) is 26.4. The Bertz CT molecular complexity index is 2010. The molecule has 3 saturated carbocycles. The fourth-order valence-electron chi connectivity index (χ4n) is 14.4. The number of esters is 1. The minimum Gasteiger partial charge on any atom is -0.458 e. The number of allylic oxidation sites excluding steroid dienone is 1. The molecule has 26 atom stereocenters. The minimum absolute atomic E-state index is 0.0741. The van der Waals surface area contributed by atoms with Crippen molar-refractivity contribution < 1.29 is 97.1 Å². The zero-order valence-electron chi connectivity index (χ0n) is 44.6. The van der Waals surface area contributed by atoms with Crippen molar-refractivity contribution >= 4 is 11.8 Å². The van der Waals surface area contributed by atoms with Gasteiger partial charge in [-0.2, -0.15) is 0 Å². The second-order valence-corrected chi connectivity index (χ2v) is 22.8. The van der Waals surface area contributed by atoms with Crippen molar-refractivity contribution in [2.45, 2.75) is 254 Å². The number of carbonyl (C=O) groups excluding carboxylic acids is 2. The zero-order valence-corrected chi connectivity index (χ0v) is 44.6. The lowest BCUT2D eigenvalue weighted by atomic mass is 9.43. The highest BCUT2D eigenvalue weighted by molar-refractivity contribution is 5.88. The Hall–Kier alpha value is -2.06. The third kappa shape index (κ3) is 10.1. The van der Waals surface area contributed by atoms with Crippen LogP contribution in [0.4, 0.5) is 0 Å². The molecule has 26 unspecified atom stereocenters. The van der Waals surface area contributed by atoms with E-state index in [0.29, 0.717) is 24.8 Å². The van der Waals surface area contributed by atoms with E-state index in [1.165, 1.54) is 14.0 Å². The Morgan fingerprint density at radius 1 is 0.699 bits per heavy atom. The number of carbonyl (C=O) groups is 2. The first-order valence-electron chi connectivity index (χ1n) is 26.4. The smallest absolute Gasteiger partial charge is 0.333 e. The largest absolute Gasteiger partial charge is 0.458 e. The first kappa shape index (κ1) is 57.1. The maximum absolute atomic E-state index is 13.4. The third-order valence-electron chi connectivity index (χ3n) is 18.7. The average Bonchev–Trinajstić information content (AvgIpc) is 3.56. The number of hydrogen-bond donors (Lipinski definition) is 6. The van der Waals surface area contributed by atoms with E-state index in [1.54, 1.807) is 48.0 Å². The number of hydrogen-bond acceptors (Lipinski definition) is 20. The minimum atomic E-state index is -1.95. The molecule has 0 amide bonds. The topological polar surface area (TPSA) is 266 Å². The second kappa shape index (κ2) is 22.0. The first-order chi connectivity index (χ1) is 34.4. The molecule has 0 aromatic carbocycles. The fourth-order valence-corrected chi connectivity index (χ4v) is 14.4. The number of ether oxygens (including phenoxy) is 12. The Labute approximate surface area is 429 Å². The maximum atomic E-state index is 13.4. The van der Waals surface area contributed by atoms with Crippen LogP contribution in [0.15, 0.2) is 23.3 Å². The number of methoxy groups -OCH3 is 3. The van der Waals surface area contributed by atoms with E-state index < -0.39 is 157 Å². The van der Waals surface area contributed by atoms with Crippen LogP contribution in [0.5, 0.6) is 0 Å². The molecule has 0 spiro atoms. The van der Waals surface area contributed by atoms with Crippen LogP contribution in [0.2, 0.25) is 0 Å². The summed E-state index contributed by atoms with van der Waals surface area (Å²) in [4.78, 5) is 26.5. The number of aliphatic hydroxyl groups is 6. The quantitative estimate of drug-likeness (QED) is 0.0830. The molecule has 8 aliphatic rings. The maximum Gasteiger partial charge on any atom is 0.333 e. The van der Waals surface area contributed by atoms with Crippen molar-refractivity contribution in [3.05, 3.63) is 23.3 Å². The molecule has 4 aliphatic carbocycles. The highest BCUT2D eigenvalue weighted by atomic mass is 16.8. The molecule has 4 aliphatic heterocycles. The van der Waals surface area contributed by atoms with Gasteiger partial charge in [0.1, 0.15) is 59.7 Å².